The molecule has 11 amide bonds. The normalized spacial score (nSPS) is 15.7. The summed E-state index contributed by atoms with van der Waals surface area (Å²) < 4.78 is 0. The molecule has 0 aliphatic carbocycles. The van der Waals surface area contributed by atoms with Gasteiger partial charge in [-0.05, 0) is 58.8 Å². The van der Waals surface area contributed by atoms with Gasteiger partial charge in [0.1, 0.15) is 18.1 Å². The summed E-state index contributed by atoms with van der Waals surface area (Å²) >= 11 is 1.28. The number of carbonyl (C=O) groups is 8. The van der Waals surface area contributed by atoms with Crippen molar-refractivity contribution in [2.75, 3.05) is 80.3 Å². The fourth-order valence-electron chi connectivity index (χ4n) is 5.99. The number of carbonyl (C=O) groups excluding carboxylic acids is 8. The Morgan fingerprint density at radius 1 is 0.789 bits per heavy atom. The van der Waals surface area contributed by atoms with Crippen molar-refractivity contribution in [2.24, 2.45) is 5.92 Å². The van der Waals surface area contributed by atoms with Crippen LogP contribution in [0.25, 0.3) is 0 Å². The summed E-state index contributed by atoms with van der Waals surface area (Å²) in [5, 5.41) is 18.4. The Bertz CT molecular complexity index is 1400. The third-order valence-electron chi connectivity index (χ3n) is 9.55. The SMILES string of the molecule is CCCC(=O)N(C)[C@H](SCCCN1CCN(CC(C)C)CC1)C(=O)N(C)[C@@H](CC(C)(C)O)C(=O)NC(=O)N(C)C(=O)NC(=O)N[C@H](C)C(=O)N(C)[C@H](C)C(=O)NC. The first-order valence-electron chi connectivity index (χ1n) is 19.4. The molecule has 0 aromatic rings. The van der Waals surface area contributed by atoms with Gasteiger partial charge in [-0.2, -0.15) is 0 Å². The molecule has 1 saturated heterocycles. The maximum absolute atomic E-state index is 14.1. The molecule has 5 N–H and O–H groups in total. The van der Waals surface area contributed by atoms with Gasteiger partial charge in [0.2, 0.25) is 17.7 Å². The molecular formula is C37H68N10O9S. The maximum atomic E-state index is 14.1. The van der Waals surface area contributed by atoms with Crippen LogP contribution in [0.15, 0.2) is 0 Å². The summed E-state index contributed by atoms with van der Waals surface area (Å²) in [7, 11) is 6.66. The lowest BCUT2D eigenvalue weighted by molar-refractivity contribution is -0.145. The van der Waals surface area contributed by atoms with Gasteiger partial charge in [0.25, 0.3) is 11.8 Å². The van der Waals surface area contributed by atoms with Crippen LogP contribution in [0, 0.1) is 5.92 Å². The van der Waals surface area contributed by atoms with Crippen molar-refractivity contribution in [3.05, 3.63) is 0 Å². The van der Waals surface area contributed by atoms with Crippen LogP contribution in [0.2, 0.25) is 0 Å². The van der Waals surface area contributed by atoms with Crippen LogP contribution in [0.5, 0.6) is 0 Å². The highest BCUT2D eigenvalue weighted by Gasteiger charge is 2.38. The fraction of sp³-hybridized carbons (Fsp3) is 0.784. The number of thioether (sulfide) groups is 1. The Balaban J connectivity index is 3.02. The number of imide groups is 3. The molecule has 0 aromatic heterocycles. The predicted molar refractivity (Wildman–Crippen MR) is 218 cm³/mol. The summed E-state index contributed by atoms with van der Waals surface area (Å²) in [6, 6.07) is -7.06. The third-order valence-corrected chi connectivity index (χ3v) is 10.9. The average Bonchev–Trinajstić information content (AvgIpc) is 3.14. The van der Waals surface area contributed by atoms with Gasteiger partial charge in [0.15, 0.2) is 5.37 Å². The van der Waals surface area contributed by atoms with E-state index in [-0.39, 0.29) is 18.7 Å². The number of hydrogen-bond donors (Lipinski definition) is 5. The molecular weight excluding hydrogens is 761 g/mol. The molecule has 0 aromatic carbocycles. The predicted octanol–water partition coefficient (Wildman–Crippen LogP) is 0.525. The molecule has 1 rings (SSSR count). The van der Waals surface area contributed by atoms with E-state index in [1.54, 1.807) is 0 Å². The van der Waals surface area contributed by atoms with Gasteiger partial charge in [-0.25, -0.2) is 19.3 Å². The molecule has 1 aliphatic rings. The molecule has 0 unspecified atom stereocenters. The third kappa shape index (κ3) is 17.2. The molecule has 0 saturated carbocycles. The lowest BCUT2D eigenvalue weighted by Gasteiger charge is -2.36. The minimum Gasteiger partial charge on any atom is -0.390 e. The second-order valence-corrected chi connectivity index (χ2v) is 16.8. The largest absolute Gasteiger partial charge is 0.390 e. The molecule has 4 atom stereocenters. The smallest absolute Gasteiger partial charge is 0.333 e. The zero-order valence-corrected chi connectivity index (χ0v) is 36.8. The van der Waals surface area contributed by atoms with Crippen LogP contribution < -0.4 is 21.3 Å². The molecule has 1 aliphatic heterocycles. The molecule has 0 bridgehead atoms. The van der Waals surface area contributed by atoms with Crippen molar-refractivity contribution >= 4 is 59.4 Å². The topological polar surface area (TPSA) is 224 Å². The molecule has 57 heavy (non-hydrogen) atoms. The molecule has 1 heterocycles. The highest BCUT2D eigenvalue weighted by molar-refractivity contribution is 8.00. The fourth-order valence-corrected chi connectivity index (χ4v) is 7.16. The molecule has 0 spiro atoms. The Kier molecular flexibility index (Phi) is 21.5. The highest BCUT2D eigenvalue weighted by Crippen LogP contribution is 2.23. The molecule has 19 nitrogen and oxygen atoms in total. The van der Waals surface area contributed by atoms with E-state index in [2.05, 4.69) is 39.6 Å². The van der Waals surface area contributed by atoms with Gasteiger partial charge in [-0.1, -0.05) is 20.8 Å². The number of nitrogens with zero attached hydrogens (tertiary/aromatic N) is 6. The number of nitrogens with one attached hydrogen (secondary N) is 4. The standard InChI is InChI=1S/C37H68N10O9S/c1-13-15-28(48)44(11)33(57-21-14-16-46-17-19-47(20-18-46)23-24(2)3)32(52)43(10)27(22-37(6,7)56)30(50)40-35(54)45(12)36(55)41-34(53)39-25(4)31(51)42(9)26(5)29(49)38-8/h24-27,33,56H,13-23H2,1-12H3,(H,38,49)(H,40,50,54)(H2,39,41,53,55)/t25-,26-,27+,33-/m1/s1. The van der Waals surface area contributed by atoms with Crippen molar-refractivity contribution < 1.29 is 43.5 Å². The molecule has 20 heteroatoms. The highest BCUT2D eigenvalue weighted by atomic mass is 32.2. The van der Waals surface area contributed by atoms with Crippen LogP contribution in [-0.4, -0.2) is 191 Å². The van der Waals surface area contributed by atoms with Crippen LogP contribution >= 0.6 is 11.8 Å². The Morgan fingerprint density at radius 3 is 1.88 bits per heavy atom. The van der Waals surface area contributed by atoms with E-state index in [1.807, 2.05) is 12.2 Å². The lowest BCUT2D eigenvalue weighted by atomic mass is 9.97. The van der Waals surface area contributed by atoms with Crippen molar-refractivity contribution in [2.45, 2.75) is 103 Å². The van der Waals surface area contributed by atoms with E-state index in [1.165, 1.54) is 72.5 Å². The lowest BCUT2D eigenvalue weighted by Crippen LogP contribution is -2.58. The summed E-state index contributed by atoms with van der Waals surface area (Å²) in [5.74, 6) is -1.77. The Hall–Kier alpha value is -4.01. The second-order valence-electron chi connectivity index (χ2n) is 15.6. The van der Waals surface area contributed by atoms with Gasteiger partial charge in [0.05, 0.1) is 5.60 Å². The zero-order valence-electron chi connectivity index (χ0n) is 36.0. The summed E-state index contributed by atoms with van der Waals surface area (Å²) in [5.41, 5.74) is -1.49. The van der Waals surface area contributed by atoms with E-state index in [0.717, 1.165) is 62.5 Å². The van der Waals surface area contributed by atoms with Gasteiger partial charge in [0, 0.05) is 80.8 Å². The Morgan fingerprint density at radius 2 is 1.35 bits per heavy atom. The van der Waals surface area contributed by atoms with Crippen molar-refractivity contribution in [1.29, 1.82) is 0 Å². The molecule has 326 valence electrons. The quantitative estimate of drug-likeness (QED) is 0.0889. The monoisotopic (exact) mass is 828 g/mol. The zero-order chi connectivity index (χ0) is 43.8. The summed E-state index contributed by atoms with van der Waals surface area (Å²) in [6.07, 6.45) is 1.23. The second kappa shape index (κ2) is 24.0. The Labute approximate surface area is 342 Å². The van der Waals surface area contributed by atoms with E-state index in [4.69, 9.17) is 0 Å². The van der Waals surface area contributed by atoms with E-state index in [9.17, 15) is 43.5 Å². The van der Waals surface area contributed by atoms with E-state index >= 15 is 0 Å². The van der Waals surface area contributed by atoms with Crippen LogP contribution in [0.3, 0.4) is 0 Å². The van der Waals surface area contributed by atoms with Crippen LogP contribution in [0.4, 0.5) is 14.4 Å². The number of piperazine rings is 1. The number of rotatable bonds is 19. The first kappa shape index (κ1) is 51.0. The van der Waals surface area contributed by atoms with Crippen LogP contribution in [0.1, 0.15) is 74.1 Å². The van der Waals surface area contributed by atoms with Gasteiger partial charge in [-0.3, -0.25) is 34.6 Å². The van der Waals surface area contributed by atoms with E-state index in [0.29, 0.717) is 23.0 Å². The number of amides is 11. The minimum atomic E-state index is -1.49. The number of likely N-dealkylation sites (N-methyl/N-ethyl adjacent to an activating group) is 4. The van der Waals surface area contributed by atoms with Gasteiger partial charge >= 0.3 is 18.1 Å². The summed E-state index contributed by atoms with van der Waals surface area (Å²) in [6.45, 7) is 17.7. The van der Waals surface area contributed by atoms with E-state index < -0.39 is 70.8 Å². The van der Waals surface area contributed by atoms with Crippen molar-refractivity contribution in [3.8, 4) is 0 Å². The van der Waals surface area contributed by atoms with Crippen LogP contribution in [-0.2, 0) is 24.0 Å². The number of hydrogen-bond acceptors (Lipinski definition) is 12. The first-order valence-corrected chi connectivity index (χ1v) is 20.5. The summed E-state index contributed by atoms with van der Waals surface area (Å²) in [4.78, 5) is 113. The number of urea groups is 3. The maximum Gasteiger partial charge on any atom is 0.333 e. The molecule has 0 radical (unpaired) electrons. The van der Waals surface area contributed by atoms with Gasteiger partial charge < -0.3 is 40.2 Å². The minimum absolute atomic E-state index is 0.211. The average molecular weight is 829 g/mol. The van der Waals surface area contributed by atoms with Crippen molar-refractivity contribution in [1.82, 2.24) is 50.7 Å². The first-order chi connectivity index (χ1) is 26.4. The van der Waals surface area contributed by atoms with Gasteiger partial charge in [-0.15, -0.1) is 11.8 Å². The molecule has 1 fully saturated rings. The number of aliphatic hydroxyl groups is 1. The van der Waals surface area contributed by atoms with Crippen molar-refractivity contribution in [3.63, 3.8) is 0 Å².